The van der Waals surface area contributed by atoms with Crippen LogP contribution in [0.3, 0.4) is 0 Å². The first-order valence-corrected chi connectivity index (χ1v) is 6.92. The van der Waals surface area contributed by atoms with Crippen LogP contribution in [0.25, 0.3) is 11.0 Å². The van der Waals surface area contributed by atoms with Crippen LogP contribution < -0.4 is 0 Å². The lowest BCUT2D eigenvalue weighted by Gasteiger charge is -2.21. The lowest BCUT2D eigenvalue weighted by atomic mass is 10.1. The van der Waals surface area contributed by atoms with Gasteiger partial charge in [0.05, 0.1) is 11.1 Å². The second kappa shape index (κ2) is 5.87. The van der Waals surface area contributed by atoms with Gasteiger partial charge in [-0.3, -0.25) is 4.79 Å². The topological polar surface area (TPSA) is 49.0 Å². The third-order valence-electron chi connectivity index (χ3n) is 3.14. The number of fused-ring (bicyclic) bond motifs is 1. The highest BCUT2D eigenvalue weighted by atomic mass is 16.2. The Morgan fingerprint density at radius 1 is 1.26 bits per heavy atom. The highest BCUT2D eigenvalue weighted by molar-refractivity contribution is 6.04. The van der Waals surface area contributed by atoms with Crippen LogP contribution in [0, 0.1) is 6.92 Å². The molecule has 0 bridgehead atoms. The second-order valence-electron chi connectivity index (χ2n) is 4.82. The lowest BCUT2D eigenvalue weighted by molar-refractivity contribution is 0.0757. The third kappa shape index (κ3) is 2.78. The second-order valence-corrected chi connectivity index (χ2v) is 4.82. The summed E-state index contributed by atoms with van der Waals surface area (Å²) in [6, 6.07) is 5.72. The molecule has 0 atom stereocenters. The molecule has 2 rings (SSSR count). The molecule has 4 nitrogen and oxygen atoms in total. The lowest BCUT2D eigenvalue weighted by Crippen LogP contribution is -2.32. The first kappa shape index (κ1) is 13.6. The maximum Gasteiger partial charge on any atom is 0.256 e. The minimum absolute atomic E-state index is 0.0841. The van der Waals surface area contributed by atoms with E-state index in [1.165, 1.54) is 0 Å². The largest absolute Gasteiger partial charge is 0.342 e. The molecule has 0 spiro atoms. The molecule has 1 amide bonds. The Morgan fingerprint density at radius 2 is 1.95 bits per heavy atom. The smallest absolute Gasteiger partial charge is 0.256 e. The quantitative estimate of drug-likeness (QED) is 0.896. The summed E-state index contributed by atoms with van der Waals surface area (Å²) in [6.45, 7) is 7.69. The van der Waals surface area contributed by atoms with Crippen molar-refractivity contribution in [3.05, 3.63) is 29.6 Å². The van der Waals surface area contributed by atoms with Gasteiger partial charge < -0.3 is 9.88 Å². The number of benzene rings is 1. The summed E-state index contributed by atoms with van der Waals surface area (Å²) in [4.78, 5) is 22.1. The molecular formula is C15H21N3O. The van der Waals surface area contributed by atoms with E-state index in [4.69, 9.17) is 0 Å². The molecule has 1 aromatic carbocycles. The number of nitrogens with zero attached hydrogens (tertiary/aromatic N) is 2. The Labute approximate surface area is 113 Å². The average molecular weight is 259 g/mol. The van der Waals surface area contributed by atoms with E-state index in [9.17, 15) is 4.79 Å². The van der Waals surface area contributed by atoms with Crippen molar-refractivity contribution in [2.24, 2.45) is 0 Å². The van der Waals surface area contributed by atoms with Crippen LogP contribution >= 0.6 is 0 Å². The van der Waals surface area contributed by atoms with Crippen LogP contribution in [-0.2, 0) is 0 Å². The van der Waals surface area contributed by atoms with Gasteiger partial charge >= 0.3 is 0 Å². The zero-order valence-electron chi connectivity index (χ0n) is 11.9. The van der Waals surface area contributed by atoms with E-state index in [1.807, 2.05) is 30.0 Å². The number of aromatic nitrogens is 2. The maximum atomic E-state index is 12.6. The number of aromatic amines is 1. The van der Waals surface area contributed by atoms with Crippen LogP contribution in [0.2, 0.25) is 0 Å². The third-order valence-corrected chi connectivity index (χ3v) is 3.14. The molecule has 102 valence electrons. The average Bonchev–Trinajstić information content (AvgIpc) is 2.77. The van der Waals surface area contributed by atoms with Crippen LogP contribution in [0.1, 0.15) is 42.9 Å². The van der Waals surface area contributed by atoms with Gasteiger partial charge in [0.2, 0.25) is 0 Å². The number of H-pyrrole nitrogens is 1. The van der Waals surface area contributed by atoms with Crippen LogP contribution in [0.15, 0.2) is 18.2 Å². The van der Waals surface area contributed by atoms with Crippen LogP contribution in [-0.4, -0.2) is 33.9 Å². The molecule has 4 heteroatoms. The van der Waals surface area contributed by atoms with Gasteiger partial charge in [0.25, 0.3) is 5.91 Å². The van der Waals surface area contributed by atoms with Crippen molar-refractivity contribution in [3.63, 3.8) is 0 Å². The minimum atomic E-state index is 0.0841. The minimum Gasteiger partial charge on any atom is -0.342 e. The predicted molar refractivity (Wildman–Crippen MR) is 77.3 cm³/mol. The number of para-hydroxylation sites is 1. The molecule has 0 saturated carbocycles. The molecule has 1 heterocycles. The molecule has 1 N–H and O–H groups in total. The number of hydrogen-bond acceptors (Lipinski definition) is 2. The standard InChI is InChI=1S/C15H21N3O/c1-4-9-18(10-5-2)15(19)12-7-6-8-13-14(12)17-11(3)16-13/h6-8H,4-5,9-10H2,1-3H3,(H,16,17). The van der Waals surface area contributed by atoms with Crippen molar-refractivity contribution in [2.75, 3.05) is 13.1 Å². The Kier molecular flexibility index (Phi) is 4.20. The summed E-state index contributed by atoms with van der Waals surface area (Å²) in [6.07, 6.45) is 1.95. The number of imidazole rings is 1. The molecule has 2 aromatic rings. The summed E-state index contributed by atoms with van der Waals surface area (Å²) in [7, 11) is 0. The fourth-order valence-electron chi connectivity index (χ4n) is 2.35. The summed E-state index contributed by atoms with van der Waals surface area (Å²) in [5.74, 6) is 0.925. The Hall–Kier alpha value is -1.84. The van der Waals surface area contributed by atoms with E-state index in [-0.39, 0.29) is 5.91 Å². The molecule has 19 heavy (non-hydrogen) atoms. The first-order chi connectivity index (χ1) is 9.17. The maximum absolute atomic E-state index is 12.6. The van der Waals surface area contributed by atoms with Gasteiger partial charge in [0.1, 0.15) is 11.3 Å². The van der Waals surface area contributed by atoms with Gasteiger partial charge in [-0.15, -0.1) is 0 Å². The van der Waals surface area contributed by atoms with E-state index < -0.39 is 0 Å². The van der Waals surface area contributed by atoms with Gasteiger partial charge in [0.15, 0.2) is 0 Å². The number of amides is 1. The highest BCUT2D eigenvalue weighted by Crippen LogP contribution is 2.18. The highest BCUT2D eigenvalue weighted by Gasteiger charge is 2.18. The molecule has 1 aromatic heterocycles. The van der Waals surface area contributed by atoms with E-state index in [0.717, 1.165) is 42.8 Å². The molecule has 0 unspecified atom stereocenters. The van der Waals surface area contributed by atoms with E-state index in [0.29, 0.717) is 5.56 Å². The Morgan fingerprint density at radius 3 is 2.58 bits per heavy atom. The summed E-state index contributed by atoms with van der Waals surface area (Å²) in [5, 5.41) is 0. The van der Waals surface area contributed by atoms with Gasteiger partial charge in [-0.05, 0) is 31.9 Å². The number of aryl methyl sites for hydroxylation is 1. The van der Waals surface area contributed by atoms with Crippen molar-refractivity contribution in [1.29, 1.82) is 0 Å². The molecule has 0 aliphatic rings. The molecule has 0 fully saturated rings. The SMILES string of the molecule is CCCN(CCC)C(=O)c1cccc2[nH]c(C)nc12. The fraction of sp³-hybridized carbons (Fsp3) is 0.467. The zero-order chi connectivity index (χ0) is 13.8. The normalized spacial score (nSPS) is 10.9. The van der Waals surface area contributed by atoms with Crippen molar-refractivity contribution < 1.29 is 4.79 Å². The monoisotopic (exact) mass is 259 g/mol. The number of rotatable bonds is 5. The predicted octanol–water partition coefficient (Wildman–Crippen LogP) is 3.13. The molecule has 0 saturated heterocycles. The van der Waals surface area contributed by atoms with Gasteiger partial charge in [-0.25, -0.2) is 4.98 Å². The van der Waals surface area contributed by atoms with Crippen molar-refractivity contribution >= 4 is 16.9 Å². The molecule has 0 radical (unpaired) electrons. The number of carbonyl (C=O) groups is 1. The molecule has 0 aliphatic heterocycles. The Balaban J connectivity index is 2.39. The van der Waals surface area contributed by atoms with Gasteiger partial charge in [0, 0.05) is 13.1 Å². The Bertz CT molecular complexity index is 568. The molecule has 0 aliphatic carbocycles. The van der Waals surface area contributed by atoms with Crippen molar-refractivity contribution in [3.8, 4) is 0 Å². The first-order valence-electron chi connectivity index (χ1n) is 6.92. The van der Waals surface area contributed by atoms with Crippen molar-refractivity contribution in [2.45, 2.75) is 33.6 Å². The molecular weight excluding hydrogens is 238 g/mol. The zero-order valence-corrected chi connectivity index (χ0v) is 11.9. The van der Waals surface area contributed by atoms with E-state index in [1.54, 1.807) is 0 Å². The number of carbonyl (C=O) groups excluding carboxylic acids is 1. The van der Waals surface area contributed by atoms with Gasteiger partial charge in [-0.2, -0.15) is 0 Å². The number of nitrogens with one attached hydrogen (secondary N) is 1. The van der Waals surface area contributed by atoms with Crippen molar-refractivity contribution in [1.82, 2.24) is 14.9 Å². The fourth-order valence-corrected chi connectivity index (χ4v) is 2.35. The van der Waals surface area contributed by atoms with E-state index in [2.05, 4.69) is 23.8 Å². The van der Waals surface area contributed by atoms with E-state index >= 15 is 0 Å². The van der Waals surface area contributed by atoms with Crippen LogP contribution in [0.4, 0.5) is 0 Å². The summed E-state index contributed by atoms with van der Waals surface area (Å²) < 4.78 is 0. The number of hydrogen-bond donors (Lipinski definition) is 1. The van der Waals surface area contributed by atoms with Gasteiger partial charge in [-0.1, -0.05) is 19.9 Å². The summed E-state index contributed by atoms with van der Waals surface area (Å²) in [5.41, 5.74) is 2.40. The summed E-state index contributed by atoms with van der Waals surface area (Å²) >= 11 is 0. The van der Waals surface area contributed by atoms with Crippen LogP contribution in [0.5, 0.6) is 0 Å².